The van der Waals surface area contributed by atoms with Gasteiger partial charge < -0.3 is 0 Å². The molecule has 0 fully saturated rings. The van der Waals surface area contributed by atoms with E-state index in [0.29, 0.717) is 0 Å². The van der Waals surface area contributed by atoms with Gasteiger partial charge in [0.1, 0.15) is 0 Å². The average molecular weight is 248 g/mol. The molecule has 2 nitrogen and oxygen atoms in total. The van der Waals surface area contributed by atoms with Crippen LogP contribution in [0.3, 0.4) is 0 Å². The Morgan fingerprint density at radius 1 is 1.00 bits per heavy atom. The molecule has 0 saturated carbocycles. The highest BCUT2D eigenvalue weighted by Crippen LogP contribution is 2.20. The van der Waals surface area contributed by atoms with Gasteiger partial charge in [0.2, 0.25) is 0 Å². The van der Waals surface area contributed by atoms with Gasteiger partial charge in [-0.2, -0.15) is 5.26 Å². The van der Waals surface area contributed by atoms with E-state index in [0.717, 1.165) is 31.6 Å². The maximum absolute atomic E-state index is 8.80. The summed E-state index contributed by atoms with van der Waals surface area (Å²) in [5.41, 5.74) is 4.94. The van der Waals surface area contributed by atoms with Crippen LogP contribution in [0.5, 0.6) is 0 Å². The van der Waals surface area contributed by atoms with Crippen molar-refractivity contribution in [3.63, 3.8) is 0 Å². The Bertz CT molecular complexity index is 608. The van der Waals surface area contributed by atoms with E-state index in [2.05, 4.69) is 47.4 Å². The largest absolute Gasteiger partial charge is 0.294 e. The van der Waals surface area contributed by atoms with Gasteiger partial charge in [0.25, 0.3) is 0 Å². The number of benzene rings is 2. The number of hydrogen-bond acceptors (Lipinski definition) is 2. The smallest absolute Gasteiger partial charge is 0.0991 e. The van der Waals surface area contributed by atoms with Gasteiger partial charge in [0.15, 0.2) is 0 Å². The molecule has 3 rings (SSSR count). The molecule has 2 heteroatoms. The molecular weight excluding hydrogens is 232 g/mol. The summed E-state index contributed by atoms with van der Waals surface area (Å²) in [5, 5.41) is 8.80. The van der Waals surface area contributed by atoms with Crippen LogP contribution in [-0.2, 0) is 19.5 Å². The zero-order chi connectivity index (χ0) is 13.1. The molecule has 1 aliphatic heterocycles. The van der Waals surface area contributed by atoms with Crippen LogP contribution in [0.2, 0.25) is 0 Å². The fraction of sp³-hybridized carbons (Fsp3) is 0.235. The topological polar surface area (TPSA) is 27.0 Å². The molecule has 0 saturated heterocycles. The number of hydrogen-bond donors (Lipinski definition) is 0. The second-order valence-corrected chi connectivity index (χ2v) is 5.04. The van der Waals surface area contributed by atoms with Gasteiger partial charge >= 0.3 is 0 Å². The molecule has 1 heterocycles. The normalized spacial score (nSPS) is 14.7. The predicted octanol–water partition coefficient (Wildman–Crippen LogP) is 3.12. The summed E-state index contributed by atoms with van der Waals surface area (Å²) in [6.07, 6.45) is 1.13. The standard InChI is InChI=1S/C17H16N2/c18-11-14-5-7-15(8-6-14)12-19-10-9-16-3-1-2-4-17(16)13-19/h1-8H,9-10,12-13H2. The molecule has 0 bridgehead atoms. The van der Waals surface area contributed by atoms with Crippen molar-refractivity contribution in [1.82, 2.24) is 4.90 Å². The molecule has 0 aliphatic carbocycles. The Hall–Kier alpha value is -2.11. The number of fused-ring (bicyclic) bond motifs is 1. The van der Waals surface area contributed by atoms with Crippen molar-refractivity contribution in [1.29, 1.82) is 5.26 Å². The zero-order valence-corrected chi connectivity index (χ0v) is 10.8. The summed E-state index contributed by atoms with van der Waals surface area (Å²) in [5.74, 6) is 0. The Balaban J connectivity index is 1.70. The highest BCUT2D eigenvalue weighted by Gasteiger charge is 2.15. The van der Waals surface area contributed by atoms with Crippen LogP contribution >= 0.6 is 0 Å². The summed E-state index contributed by atoms with van der Waals surface area (Å²) < 4.78 is 0. The molecule has 0 unspecified atom stereocenters. The molecule has 0 radical (unpaired) electrons. The zero-order valence-electron chi connectivity index (χ0n) is 10.8. The minimum atomic E-state index is 0.729. The summed E-state index contributed by atoms with van der Waals surface area (Å²) in [6.45, 7) is 3.09. The highest BCUT2D eigenvalue weighted by atomic mass is 15.1. The van der Waals surface area contributed by atoms with E-state index in [1.807, 2.05) is 12.1 Å². The van der Waals surface area contributed by atoms with E-state index < -0.39 is 0 Å². The summed E-state index contributed by atoms with van der Waals surface area (Å²) in [7, 11) is 0. The first kappa shape index (κ1) is 12.0. The first-order chi connectivity index (χ1) is 9.35. The molecule has 0 spiro atoms. The van der Waals surface area contributed by atoms with Crippen LogP contribution in [0.25, 0.3) is 0 Å². The Morgan fingerprint density at radius 3 is 2.47 bits per heavy atom. The first-order valence-corrected chi connectivity index (χ1v) is 6.63. The first-order valence-electron chi connectivity index (χ1n) is 6.63. The molecule has 2 aromatic rings. The summed E-state index contributed by atoms with van der Waals surface area (Å²) in [6, 6.07) is 18.7. The Kier molecular flexibility index (Phi) is 3.31. The van der Waals surface area contributed by atoms with Crippen molar-refractivity contribution < 1.29 is 0 Å². The fourth-order valence-corrected chi connectivity index (χ4v) is 2.63. The lowest BCUT2D eigenvalue weighted by Crippen LogP contribution is -2.29. The highest BCUT2D eigenvalue weighted by molar-refractivity contribution is 5.32. The molecule has 0 atom stereocenters. The van der Waals surface area contributed by atoms with Crippen LogP contribution in [-0.4, -0.2) is 11.4 Å². The van der Waals surface area contributed by atoms with Gasteiger partial charge in [0, 0.05) is 19.6 Å². The van der Waals surface area contributed by atoms with E-state index >= 15 is 0 Å². The fourth-order valence-electron chi connectivity index (χ4n) is 2.63. The number of rotatable bonds is 2. The lowest BCUT2D eigenvalue weighted by molar-refractivity contribution is 0.245. The molecule has 0 amide bonds. The van der Waals surface area contributed by atoms with Crippen molar-refractivity contribution in [2.24, 2.45) is 0 Å². The van der Waals surface area contributed by atoms with E-state index in [-0.39, 0.29) is 0 Å². The molecule has 94 valence electrons. The van der Waals surface area contributed by atoms with Gasteiger partial charge in [-0.05, 0) is 35.2 Å². The minimum Gasteiger partial charge on any atom is -0.294 e. The third-order valence-corrected chi connectivity index (χ3v) is 3.70. The summed E-state index contributed by atoms with van der Waals surface area (Å²) in [4.78, 5) is 2.46. The van der Waals surface area contributed by atoms with Crippen molar-refractivity contribution in [3.05, 3.63) is 70.8 Å². The van der Waals surface area contributed by atoms with Gasteiger partial charge in [0.05, 0.1) is 11.6 Å². The van der Waals surface area contributed by atoms with Gasteiger partial charge in [-0.1, -0.05) is 36.4 Å². The Morgan fingerprint density at radius 2 is 1.74 bits per heavy atom. The van der Waals surface area contributed by atoms with Crippen LogP contribution in [0.4, 0.5) is 0 Å². The second-order valence-electron chi connectivity index (χ2n) is 5.04. The summed E-state index contributed by atoms with van der Waals surface area (Å²) >= 11 is 0. The number of nitrogens with zero attached hydrogens (tertiary/aromatic N) is 2. The van der Waals surface area contributed by atoms with E-state index in [1.165, 1.54) is 16.7 Å². The van der Waals surface area contributed by atoms with Crippen LogP contribution in [0.15, 0.2) is 48.5 Å². The lowest BCUT2D eigenvalue weighted by Gasteiger charge is -2.28. The quantitative estimate of drug-likeness (QED) is 0.816. The molecule has 1 aliphatic rings. The monoisotopic (exact) mass is 248 g/mol. The van der Waals surface area contributed by atoms with Gasteiger partial charge in [-0.25, -0.2) is 0 Å². The van der Waals surface area contributed by atoms with Gasteiger partial charge in [-0.15, -0.1) is 0 Å². The van der Waals surface area contributed by atoms with Crippen molar-refractivity contribution in [3.8, 4) is 6.07 Å². The maximum atomic E-state index is 8.80. The van der Waals surface area contributed by atoms with Crippen molar-refractivity contribution in [2.45, 2.75) is 19.5 Å². The van der Waals surface area contributed by atoms with E-state index in [4.69, 9.17) is 5.26 Å². The van der Waals surface area contributed by atoms with E-state index in [1.54, 1.807) is 0 Å². The van der Waals surface area contributed by atoms with Crippen LogP contribution in [0, 0.1) is 11.3 Å². The molecular formula is C17H16N2. The third-order valence-electron chi connectivity index (χ3n) is 3.70. The average Bonchev–Trinajstić information content (AvgIpc) is 2.48. The predicted molar refractivity (Wildman–Crippen MR) is 75.4 cm³/mol. The van der Waals surface area contributed by atoms with Crippen molar-refractivity contribution in [2.75, 3.05) is 6.54 Å². The maximum Gasteiger partial charge on any atom is 0.0991 e. The third kappa shape index (κ3) is 2.67. The van der Waals surface area contributed by atoms with Gasteiger partial charge in [-0.3, -0.25) is 4.90 Å². The molecule has 19 heavy (non-hydrogen) atoms. The lowest BCUT2D eigenvalue weighted by atomic mass is 9.99. The SMILES string of the molecule is N#Cc1ccc(CN2CCc3ccccc3C2)cc1. The number of nitriles is 1. The second kappa shape index (κ2) is 5.26. The van der Waals surface area contributed by atoms with Crippen molar-refractivity contribution >= 4 is 0 Å². The molecule has 0 N–H and O–H groups in total. The van der Waals surface area contributed by atoms with E-state index in [9.17, 15) is 0 Å². The Labute approximate surface area is 113 Å². The van der Waals surface area contributed by atoms with Crippen LogP contribution in [0.1, 0.15) is 22.3 Å². The minimum absolute atomic E-state index is 0.729. The molecule has 2 aromatic carbocycles. The molecule has 0 aromatic heterocycles. The van der Waals surface area contributed by atoms with Crippen LogP contribution < -0.4 is 0 Å².